The van der Waals surface area contributed by atoms with Crippen molar-refractivity contribution in [3.63, 3.8) is 0 Å². The van der Waals surface area contributed by atoms with Crippen LogP contribution in [0.3, 0.4) is 0 Å². The third kappa shape index (κ3) is 4.75. The van der Waals surface area contributed by atoms with E-state index in [1.165, 1.54) is 0 Å². The summed E-state index contributed by atoms with van der Waals surface area (Å²) in [5.41, 5.74) is 0. The highest BCUT2D eigenvalue weighted by Crippen LogP contribution is 1.98. The summed E-state index contributed by atoms with van der Waals surface area (Å²) in [6.07, 6.45) is 1.74. The Kier molecular flexibility index (Phi) is 6.21. The summed E-state index contributed by atoms with van der Waals surface area (Å²) in [5.74, 6) is -0.245. The summed E-state index contributed by atoms with van der Waals surface area (Å²) < 4.78 is 4.90. The molecule has 2 amide bonds. The summed E-state index contributed by atoms with van der Waals surface area (Å²) in [6, 6.07) is -0.0373. The number of urea groups is 1. The van der Waals surface area contributed by atoms with Crippen LogP contribution in [0, 0.1) is 0 Å². The van der Waals surface area contributed by atoms with Crippen LogP contribution in [0.2, 0.25) is 0 Å². The fourth-order valence-electron chi connectivity index (χ4n) is 1.79. The molecule has 1 N–H and O–H groups in total. The summed E-state index contributed by atoms with van der Waals surface area (Å²) in [6.45, 7) is 9.33. The molecule has 1 aliphatic rings. The number of hydrogen-bond donors (Lipinski definition) is 1. The van der Waals surface area contributed by atoms with Crippen molar-refractivity contribution in [3.05, 3.63) is 12.7 Å². The number of hydrogen-bond acceptors (Lipinski definition) is 4. The maximum Gasteiger partial charge on any atom is 0.320 e. The van der Waals surface area contributed by atoms with Gasteiger partial charge in [0.1, 0.15) is 0 Å². The van der Waals surface area contributed by atoms with E-state index in [0.717, 1.165) is 6.54 Å². The molecular weight excluding hydrogens is 234 g/mol. The van der Waals surface area contributed by atoms with Gasteiger partial charge in [0.25, 0.3) is 0 Å². The van der Waals surface area contributed by atoms with Gasteiger partial charge in [-0.3, -0.25) is 9.69 Å². The molecule has 0 aromatic rings. The molecule has 0 aliphatic carbocycles. The second-order valence-electron chi connectivity index (χ2n) is 4.05. The highest BCUT2D eigenvalue weighted by atomic mass is 16.5. The molecule has 0 radical (unpaired) electrons. The average molecular weight is 255 g/mol. The number of amides is 2. The Balaban J connectivity index is 2.34. The Bertz CT molecular complexity index is 307. The lowest BCUT2D eigenvalue weighted by Crippen LogP contribution is -2.39. The maximum absolute atomic E-state index is 11.4. The first-order chi connectivity index (χ1) is 8.67. The van der Waals surface area contributed by atoms with Crippen LogP contribution in [-0.4, -0.2) is 67.7 Å². The molecule has 1 saturated heterocycles. The van der Waals surface area contributed by atoms with Gasteiger partial charge >= 0.3 is 12.0 Å². The molecule has 102 valence electrons. The molecule has 1 heterocycles. The van der Waals surface area contributed by atoms with Crippen molar-refractivity contribution in [3.8, 4) is 0 Å². The van der Waals surface area contributed by atoms with Crippen molar-refractivity contribution in [1.29, 1.82) is 0 Å². The van der Waals surface area contributed by atoms with Gasteiger partial charge in [0.05, 0.1) is 13.2 Å². The van der Waals surface area contributed by atoms with Gasteiger partial charge in [-0.15, -0.1) is 6.58 Å². The lowest BCUT2D eigenvalue weighted by atomic mass is 10.4. The third-order valence-electron chi connectivity index (χ3n) is 2.68. The quantitative estimate of drug-likeness (QED) is 0.492. The van der Waals surface area contributed by atoms with Gasteiger partial charge in [0.15, 0.2) is 0 Å². The SMILES string of the molecule is C=CCN(CCN1CCNC1=O)CC(=O)OCC. The first-order valence-corrected chi connectivity index (χ1v) is 6.19. The van der Waals surface area contributed by atoms with Gasteiger partial charge in [-0.05, 0) is 6.92 Å². The third-order valence-corrected chi connectivity index (χ3v) is 2.68. The number of ether oxygens (including phenoxy) is 1. The molecule has 0 unspecified atom stereocenters. The van der Waals surface area contributed by atoms with Gasteiger partial charge in [-0.1, -0.05) is 6.08 Å². The number of esters is 1. The van der Waals surface area contributed by atoms with Crippen LogP contribution in [0.4, 0.5) is 4.79 Å². The van der Waals surface area contributed by atoms with E-state index in [9.17, 15) is 9.59 Å². The smallest absolute Gasteiger partial charge is 0.320 e. The molecule has 1 fully saturated rings. The molecule has 0 saturated carbocycles. The van der Waals surface area contributed by atoms with Crippen LogP contribution >= 0.6 is 0 Å². The Morgan fingerprint density at radius 3 is 3.00 bits per heavy atom. The Labute approximate surface area is 108 Å². The molecule has 6 nitrogen and oxygen atoms in total. The predicted octanol–water partition coefficient (Wildman–Crippen LogP) is 0.0627. The molecular formula is C12H21N3O3. The van der Waals surface area contributed by atoms with Gasteiger partial charge < -0.3 is 15.0 Å². The van der Waals surface area contributed by atoms with E-state index in [2.05, 4.69) is 11.9 Å². The van der Waals surface area contributed by atoms with Crippen LogP contribution in [-0.2, 0) is 9.53 Å². The Morgan fingerprint density at radius 1 is 1.67 bits per heavy atom. The van der Waals surface area contributed by atoms with E-state index in [1.54, 1.807) is 17.9 Å². The minimum Gasteiger partial charge on any atom is -0.465 e. The molecule has 0 atom stereocenters. The van der Waals surface area contributed by atoms with E-state index in [-0.39, 0.29) is 18.5 Å². The predicted molar refractivity (Wildman–Crippen MR) is 68.2 cm³/mol. The highest BCUT2D eigenvalue weighted by Gasteiger charge is 2.20. The van der Waals surface area contributed by atoms with Gasteiger partial charge in [0.2, 0.25) is 0 Å². The van der Waals surface area contributed by atoms with Crippen LogP contribution < -0.4 is 5.32 Å². The maximum atomic E-state index is 11.4. The second-order valence-corrected chi connectivity index (χ2v) is 4.05. The second kappa shape index (κ2) is 7.71. The largest absolute Gasteiger partial charge is 0.465 e. The molecule has 1 aliphatic heterocycles. The fourth-order valence-corrected chi connectivity index (χ4v) is 1.79. The Hall–Kier alpha value is -1.56. The van der Waals surface area contributed by atoms with Crippen molar-refractivity contribution in [2.24, 2.45) is 0 Å². The summed E-state index contributed by atoms with van der Waals surface area (Å²) in [4.78, 5) is 26.4. The number of nitrogens with zero attached hydrogens (tertiary/aromatic N) is 2. The average Bonchev–Trinajstić information content (AvgIpc) is 2.72. The van der Waals surface area contributed by atoms with Crippen molar-refractivity contribution in [2.45, 2.75) is 6.92 Å². The van der Waals surface area contributed by atoms with Crippen molar-refractivity contribution in [1.82, 2.24) is 15.1 Å². The lowest BCUT2D eigenvalue weighted by molar-refractivity contribution is -0.144. The summed E-state index contributed by atoms with van der Waals surface area (Å²) in [7, 11) is 0. The van der Waals surface area contributed by atoms with Crippen LogP contribution in [0.15, 0.2) is 12.7 Å². The minimum atomic E-state index is -0.245. The Morgan fingerprint density at radius 2 is 2.44 bits per heavy atom. The number of rotatable bonds is 8. The number of nitrogens with one attached hydrogen (secondary N) is 1. The van der Waals surface area contributed by atoms with Crippen LogP contribution in [0.25, 0.3) is 0 Å². The van der Waals surface area contributed by atoms with Crippen molar-refractivity contribution in [2.75, 3.05) is 45.9 Å². The van der Waals surface area contributed by atoms with E-state index < -0.39 is 0 Å². The first kappa shape index (κ1) is 14.5. The van der Waals surface area contributed by atoms with Crippen molar-refractivity contribution >= 4 is 12.0 Å². The van der Waals surface area contributed by atoms with E-state index in [4.69, 9.17) is 4.74 Å². The zero-order valence-electron chi connectivity index (χ0n) is 10.9. The molecule has 0 aromatic heterocycles. The lowest BCUT2D eigenvalue weighted by Gasteiger charge is -2.22. The standard InChI is InChI=1S/C12H21N3O3/c1-3-6-14(10-11(16)18-4-2)8-9-15-7-5-13-12(15)17/h3H,1,4-10H2,2H3,(H,13,17). The normalized spacial score (nSPS) is 14.8. The fraction of sp³-hybridized carbons (Fsp3) is 0.667. The van der Waals surface area contributed by atoms with E-state index in [0.29, 0.717) is 32.8 Å². The highest BCUT2D eigenvalue weighted by molar-refractivity contribution is 5.76. The van der Waals surface area contributed by atoms with Gasteiger partial charge in [-0.25, -0.2) is 4.79 Å². The zero-order valence-corrected chi connectivity index (χ0v) is 10.9. The molecule has 1 rings (SSSR count). The summed E-state index contributed by atoms with van der Waals surface area (Å²) >= 11 is 0. The molecule has 0 bridgehead atoms. The van der Waals surface area contributed by atoms with E-state index in [1.807, 2.05) is 4.90 Å². The molecule has 18 heavy (non-hydrogen) atoms. The van der Waals surface area contributed by atoms with Crippen LogP contribution in [0.1, 0.15) is 6.92 Å². The molecule has 6 heteroatoms. The zero-order chi connectivity index (χ0) is 13.4. The molecule has 0 aromatic carbocycles. The topological polar surface area (TPSA) is 61.9 Å². The summed E-state index contributed by atoms with van der Waals surface area (Å²) in [5, 5.41) is 2.74. The van der Waals surface area contributed by atoms with Crippen LogP contribution in [0.5, 0.6) is 0 Å². The number of carbonyl (C=O) groups is 2. The van der Waals surface area contributed by atoms with Gasteiger partial charge in [0, 0.05) is 32.7 Å². The first-order valence-electron chi connectivity index (χ1n) is 6.19. The monoisotopic (exact) mass is 255 g/mol. The molecule has 0 spiro atoms. The minimum absolute atomic E-state index is 0.0373. The van der Waals surface area contributed by atoms with Crippen molar-refractivity contribution < 1.29 is 14.3 Å². The van der Waals surface area contributed by atoms with Gasteiger partial charge in [-0.2, -0.15) is 0 Å². The number of carbonyl (C=O) groups excluding carboxylic acids is 2. The van der Waals surface area contributed by atoms with E-state index >= 15 is 0 Å².